The maximum Gasteiger partial charge on any atom is 0.129 e. The Labute approximate surface area is 104 Å². The fourth-order valence-corrected chi connectivity index (χ4v) is 3.02. The van der Waals surface area contributed by atoms with Crippen LogP contribution >= 0.6 is 27.3 Å². The van der Waals surface area contributed by atoms with E-state index in [1.54, 1.807) is 17.5 Å². The van der Waals surface area contributed by atoms with Crippen LogP contribution < -0.4 is 5.73 Å². The van der Waals surface area contributed by atoms with Crippen LogP contribution in [-0.2, 0) is 0 Å². The predicted octanol–water partition coefficient (Wildman–Crippen LogP) is 3.03. The lowest BCUT2D eigenvalue weighted by Gasteiger charge is -1.89. The maximum absolute atomic E-state index is 5.76. The third kappa shape index (κ3) is 1.50. The summed E-state index contributed by atoms with van der Waals surface area (Å²) in [6.45, 7) is 0. The van der Waals surface area contributed by atoms with Gasteiger partial charge in [0.1, 0.15) is 10.8 Å². The first-order chi connectivity index (χ1) is 7.74. The molecule has 2 heterocycles. The molecule has 0 aliphatic carbocycles. The number of hydrogen-bond acceptors (Lipinski definition) is 4. The Morgan fingerprint density at radius 2 is 2.25 bits per heavy atom. The number of fused-ring (bicyclic) bond motifs is 1. The molecule has 1 aromatic carbocycles. The molecule has 0 atom stereocenters. The van der Waals surface area contributed by atoms with Crippen molar-refractivity contribution in [2.75, 3.05) is 5.73 Å². The van der Waals surface area contributed by atoms with Crippen molar-refractivity contribution < 1.29 is 0 Å². The van der Waals surface area contributed by atoms with Crippen LogP contribution in [0.15, 0.2) is 28.9 Å². The number of nitrogen functional groups attached to an aromatic ring is 1. The molecule has 0 saturated heterocycles. The predicted molar refractivity (Wildman–Crippen MR) is 69.3 cm³/mol. The molecule has 80 valence electrons. The average Bonchev–Trinajstić information content (AvgIpc) is 2.82. The van der Waals surface area contributed by atoms with Crippen molar-refractivity contribution in [3.63, 3.8) is 0 Å². The van der Waals surface area contributed by atoms with E-state index in [9.17, 15) is 0 Å². The minimum Gasteiger partial charge on any atom is -0.383 e. The summed E-state index contributed by atoms with van der Waals surface area (Å²) in [7, 11) is 0. The monoisotopic (exact) mass is 294 g/mol. The van der Waals surface area contributed by atoms with Crippen LogP contribution in [0.4, 0.5) is 5.82 Å². The second-order valence-electron chi connectivity index (χ2n) is 3.33. The number of nitrogens with one attached hydrogen (secondary N) is 1. The number of H-pyrrole nitrogens is 1. The van der Waals surface area contributed by atoms with Gasteiger partial charge in [0.05, 0.1) is 22.0 Å². The van der Waals surface area contributed by atoms with Crippen LogP contribution in [0.25, 0.3) is 20.8 Å². The van der Waals surface area contributed by atoms with Crippen molar-refractivity contribution in [2.24, 2.45) is 0 Å². The fourth-order valence-electron chi connectivity index (χ4n) is 1.48. The molecule has 0 fully saturated rings. The van der Waals surface area contributed by atoms with E-state index in [0.717, 1.165) is 25.3 Å². The summed E-state index contributed by atoms with van der Waals surface area (Å²) in [5, 5.41) is 7.49. The van der Waals surface area contributed by atoms with Gasteiger partial charge in [-0.2, -0.15) is 5.10 Å². The smallest absolute Gasteiger partial charge is 0.129 e. The molecule has 0 unspecified atom stereocenters. The molecule has 0 aliphatic rings. The van der Waals surface area contributed by atoms with E-state index in [-0.39, 0.29) is 0 Å². The number of thiazole rings is 1. The Morgan fingerprint density at radius 1 is 1.38 bits per heavy atom. The maximum atomic E-state index is 5.76. The summed E-state index contributed by atoms with van der Waals surface area (Å²) in [5.74, 6) is 0.554. The van der Waals surface area contributed by atoms with Gasteiger partial charge in [-0.3, -0.25) is 5.10 Å². The Bertz CT molecular complexity index is 658. The molecular formula is C10H7BrN4S. The normalized spacial score (nSPS) is 11.1. The number of benzene rings is 1. The highest BCUT2D eigenvalue weighted by Crippen LogP contribution is 2.33. The molecule has 16 heavy (non-hydrogen) atoms. The van der Waals surface area contributed by atoms with Gasteiger partial charge in [-0.25, -0.2) is 4.98 Å². The third-order valence-corrected chi connectivity index (χ3v) is 3.79. The number of aromatic amines is 1. The van der Waals surface area contributed by atoms with Gasteiger partial charge in [0.25, 0.3) is 0 Å². The number of hydrogen-bond donors (Lipinski definition) is 2. The molecule has 6 heteroatoms. The van der Waals surface area contributed by atoms with Gasteiger partial charge in [-0.1, -0.05) is 15.9 Å². The molecule has 3 aromatic rings. The zero-order valence-electron chi connectivity index (χ0n) is 8.07. The van der Waals surface area contributed by atoms with Gasteiger partial charge >= 0.3 is 0 Å². The van der Waals surface area contributed by atoms with Crippen molar-refractivity contribution >= 4 is 43.3 Å². The summed E-state index contributed by atoms with van der Waals surface area (Å²) in [5.41, 5.74) is 7.60. The number of nitrogens with two attached hydrogens (primary N) is 1. The highest BCUT2D eigenvalue weighted by Gasteiger charge is 2.10. The molecule has 0 saturated carbocycles. The van der Waals surface area contributed by atoms with Crippen LogP contribution in [0.5, 0.6) is 0 Å². The van der Waals surface area contributed by atoms with Gasteiger partial charge in [0.2, 0.25) is 0 Å². The van der Waals surface area contributed by atoms with Crippen LogP contribution in [-0.4, -0.2) is 15.2 Å². The van der Waals surface area contributed by atoms with Crippen LogP contribution in [0.1, 0.15) is 0 Å². The Kier molecular flexibility index (Phi) is 2.19. The van der Waals surface area contributed by atoms with Crippen molar-refractivity contribution in [1.82, 2.24) is 15.2 Å². The molecule has 0 amide bonds. The first-order valence-electron chi connectivity index (χ1n) is 4.59. The van der Waals surface area contributed by atoms with E-state index in [4.69, 9.17) is 5.73 Å². The summed E-state index contributed by atoms with van der Waals surface area (Å²) in [6.07, 6.45) is 1.70. The lowest BCUT2D eigenvalue weighted by Crippen LogP contribution is -1.86. The summed E-state index contributed by atoms with van der Waals surface area (Å²) in [4.78, 5) is 4.51. The van der Waals surface area contributed by atoms with Crippen molar-refractivity contribution in [3.8, 4) is 10.6 Å². The second-order valence-corrected chi connectivity index (χ2v) is 5.27. The van der Waals surface area contributed by atoms with Crippen LogP contribution in [0.2, 0.25) is 0 Å². The van der Waals surface area contributed by atoms with Gasteiger partial charge in [-0.15, -0.1) is 11.3 Å². The summed E-state index contributed by atoms with van der Waals surface area (Å²) in [6, 6.07) is 6.01. The zero-order valence-corrected chi connectivity index (χ0v) is 10.5. The largest absolute Gasteiger partial charge is 0.383 e. The minimum atomic E-state index is 0.554. The molecule has 0 aliphatic heterocycles. The topological polar surface area (TPSA) is 67.6 Å². The SMILES string of the molecule is Nc1[nH]ncc1-c1nc2ccc(Br)cc2s1. The molecule has 0 spiro atoms. The standard InChI is InChI=1S/C10H7BrN4S/c11-5-1-2-7-8(3-5)16-10(14-7)6-4-13-15-9(6)12/h1-4H,(H3,12,13,15). The Balaban J connectivity index is 2.23. The van der Waals surface area contributed by atoms with Crippen molar-refractivity contribution in [1.29, 1.82) is 0 Å². The number of halogens is 1. The van der Waals surface area contributed by atoms with E-state index in [2.05, 4.69) is 31.1 Å². The number of anilines is 1. The van der Waals surface area contributed by atoms with E-state index in [1.807, 2.05) is 18.2 Å². The summed E-state index contributed by atoms with van der Waals surface area (Å²) < 4.78 is 2.18. The van der Waals surface area contributed by atoms with Crippen LogP contribution in [0, 0.1) is 0 Å². The highest BCUT2D eigenvalue weighted by atomic mass is 79.9. The second kappa shape index (κ2) is 3.57. The van der Waals surface area contributed by atoms with Crippen molar-refractivity contribution in [2.45, 2.75) is 0 Å². The lowest BCUT2D eigenvalue weighted by atomic mass is 10.3. The molecule has 2 aromatic heterocycles. The van der Waals surface area contributed by atoms with Crippen LogP contribution in [0.3, 0.4) is 0 Å². The molecular weight excluding hydrogens is 288 g/mol. The quantitative estimate of drug-likeness (QED) is 0.725. The van der Waals surface area contributed by atoms with Gasteiger partial charge in [-0.05, 0) is 18.2 Å². The Morgan fingerprint density at radius 3 is 3.00 bits per heavy atom. The Hall–Kier alpha value is -1.40. The molecule has 3 rings (SSSR count). The fraction of sp³-hybridized carbons (Fsp3) is 0. The van der Waals surface area contributed by atoms with E-state index in [1.165, 1.54) is 0 Å². The van der Waals surface area contributed by atoms with E-state index >= 15 is 0 Å². The first kappa shape index (κ1) is 9.80. The molecule has 4 nitrogen and oxygen atoms in total. The van der Waals surface area contributed by atoms with Crippen molar-refractivity contribution in [3.05, 3.63) is 28.9 Å². The molecule has 0 radical (unpaired) electrons. The third-order valence-electron chi connectivity index (χ3n) is 2.25. The van der Waals surface area contributed by atoms with Gasteiger partial charge in [0.15, 0.2) is 0 Å². The molecule has 0 bridgehead atoms. The first-order valence-corrected chi connectivity index (χ1v) is 6.20. The summed E-state index contributed by atoms with van der Waals surface area (Å²) >= 11 is 5.04. The number of nitrogens with zero attached hydrogens (tertiary/aromatic N) is 2. The zero-order chi connectivity index (χ0) is 11.1. The molecule has 3 N–H and O–H groups in total. The van der Waals surface area contributed by atoms with Gasteiger partial charge < -0.3 is 5.73 Å². The average molecular weight is 295 g/mol. The highest BCUT2D eigenvalue weighted by molar-refractivity contribution is 9.10. The lowest BCUT2D eigenvalue weighted by molar-refractivity contribution is 1.10. The van der Waals surface area contributed by atoms with E-state index in [0.29, 0.717) is 5.82 Å². The minimum absolute atomic E-state index is 0.554. The number of aromatic nitrogens is 3. The van der Waals surface area contributed by atoms with Gasteiger partial charge in [0, 0.05) is 4.47 Å². The number of rotatable bonds is 1. The van der Waals surface area contributed by atoms with E-state index < -0.39 is 0 Å².